The van der Waals surface area contributed by atoms with Crippen LogP contribution in [0.1, 0.15) is 43.7 Å². The smallest absolute Gasteiger partial charge is 0.407 e. The van der Waals surface area contributed by atoms with Gasteiger partial charge in [-0.3, -0.25) is 9.59 Å². The van der Waals surface area contributed by atoms with Crippen LogP contribution in [0.2, 0.25) is 0 Å². The summed E-state index contributed by atoms with van der Waals surface area (Å²) in [6, 6.07) is 13.6. The topological polar surface area (TPSA) is 131 Å². The van der Waals surface area contributed by atoms with Crippen LogP contribution in [0.3, 0.4) is 0 Å². The number of aliphatic carboxylic acids is 1. The van der Waals surface area contributed by atoms with Gasteiger partial charge in [0.1, 0.15) is 18.7 Å². The van der Waals surface area contributed by atoms with Crippen LogP contribution in [0.25, 0.3) is 11.1 Å². The first-order chi connectivity index (χ1) is 16.7. The highest BCUT2D eigenvalue weighted by Crippen LogP contribution is 2.44. The number of amides is 2. The summed E-state index contributed by atoms with van der Waals surface area (Å²) in [6.45, 7) is 3.53. The highest BCUT2D eigenvalue weighted by molar-refractivity contribution is 5.89. The molecule has 1 aliphatic carbocycles. The van der Waals surface area contributed by atoms with E-state index in [2.05, 4.69) is 15.4 Å². The highest BCUT2D eigenvalue weighted by atomic mass is 16.5. The minimum Gasteiger partial charge on any atom is -0.480 e. The summed E-state index contributed by atoms with van der Waals surface area (Å²) in [5, 5.41) is 14.3. The fourth-order valence-electron chi connectivity index (χ4n) is 4.19. The molecule has 9 nitrogen and oxygen atoms in total. The number of carbonyl (C=O) groups is 4. The summed E-state index contributed by atoms with van der Waals surface area (Å²) < 4.78 is 10.0. The Morgan fingerprint density at radius 2 is 1.51 bits per heavy atom. The number of methoxy groups -OCH3 is 1. The van der Waals surface area contributed by atoms with Crippen molar-refractivity contribution in [1.29, 1.82) is 0 Å². The Hall–Kier alpha value is -3.88. The fraction of sp³-hybridized carbons (Fsp3) is 0.385. The third-order valence-electron chi connectivity index (χ3n) is 6.05. The van der Waals surface area contributed by atoms with Crippen LogP contribution in [0, 0.1) is 5.92 Å². The molecule has 2 aromatic carbocycles. The van der Waals surface area contributed by atoms with E-state index in [1.807, 2.05) is 48.5 Å². The van der Waals surface area contributed by atoms with Crippen LogP contribution in [-0.4, -0.2) is 54.8 Å². The van der Waals surface area contributed by atoms with E-state index < -0.39 is 36.0 Å². The van der Waals surface area contributed by atoms with Crippen molar-refractivity contribution >= 4 is 23.9 Å². The van der Waals surface area contributed by atoms with Gasteiger partial charge in [0.05, 0.1) is 7.11 Å². The van der Waals surface area contributed by atoms with Crippen molar-refractivity contribution in [3.8, 4) is 11.1 Å². The van der Waals surface area contributed by atoms with E-state index in [1.165, 1.54) is 7.11 Å². The van der Waals surface area contributed by atoms with E-state index >= 15 is 0 Å². The van der Waals surface area contributed by atoms with Gasteiger partial charge in [-0.2, -0.15) is 0 Å². The van der Waals surface area contributed by atoms with Gasteiger partial charge in [-0.05, 0) is 34.6 Å². The van der Waals surface area contributed by atoms with E-state index in [1.54, 1.807) is 13.8 Å². The maximum absolute atomic E-state index is 12.8. The summed E-state index contributed by atoms with van der Waals surface area (Å²) in [7, 11) is 1.20. The molecule has 0 saturated carbocycles. The lowest BCUT2D eigenvalue weighted by Gasteiger charge is -2.24. The first kappa shape index (κ1) is 25.7. The van der Waals surface area contributed by atoms with Gasteiger partial charge in [0.2, 0.25) is 5.91 Å². The van der Waals surface area contributed by atoms with Gasteiger partial charge in [-0.1, -0.05) is 62.4 Å². The number of hydrogen-bond donors (Lipinski definition) is 3. The molecule has 3 N–H and O–H groups in total. The minimum absolute atomic E-state index is 0.0865. The standard InChI is InChI=1S/C26H30N2O7/c1-15(2)23(24(30)27-21(25(31)32)12-13-22(29)34-3)28-26(33)35-14-20-18-10-6-4-8-16(18)17-9-5-7-11-19(17)20/h4-11,15,20-21,23H,12-14H2,1-3H3,(H,27,30)(H,28,33)(H,31,32)/t21-,23-/m0/s1. The van der Waals surface area contributed by atoms with Gasteiger partial charge in [0.15, 0.2) is 0 Å². The van der Waals surface area contributed by atoms with Crippen molar-refractivity contribution in [2.75, 3.05) is 13.7 Å². The molecule has 3 rings (SSSR count). The van der Waals surface area contributed by atoms with Crippen LogP contribution in [-0.2, 0) is 23.9 Å². The van der Waals surface area contributed by atoms with Crippen LogP contribution < -0.4 is 10.6 Å². The van der Waals surface area contributed by atoms with Crippen LogP contribution in [0.15, 0.2) is 48.5 Å². The molecule has 0 aromatic heterocycles. The predicted octanol–water partition coefficient (Wildman–Crippen LogP) is 3.07. The number of carboxylic acid groups (broad SMARTS) is 1. The SMILES string of the molecule is COC(=O)CC[C@H](NC(=O)[C@@H](NC(=O)OCC1c2ccccc2-c2ccccc21)C(C)C)C(=O)O. The lowest BCUT2D eigenvalue weighted by Crippen LogP contribution is -2.53. The number of esters is 1. The number of benzene rings is 2. The van der Waals surface area contributed by atoms with Gasteiger partial charge < -0.3 is 25.2 Å². The van der Waals surface area contributed by atoms with Crippen molar-refractivity contribution in [1.82, 2.24) is 10.6 Å². The van der Waals surface area contributed by atoms with Crippen LogP contribution in [0.4, 0.5) is 4.79 Å². The molecule has 0 fully saturated rings. The van der Waals surface area contributed by atoms with E-state index in [0.29, 0.717) is 0 Å². The molecule has 0 radical (unpaired) electrons. The van der Waals surface area contributed by atoms with E-state index in [4.69, 9.17) is 4.74 Å². The zero-order valence-electron chi connectivity index (χ0n) is 19.9. The largest absolute Gasteiger partial charge is 0.480 e. The number of alkyl carbamates (subject to hydrolysis) is 1. The summed E-state index contributed by atoms with van der Waals surface area (Å²) in [5.41, 5.74) is 4.33. The molecule has 0 saturated heterocycles. The maximum atomic E-state index is 12.8. The minimum atomic E-state index is -1.30. The lowest BCUT2D eigenvalue weighted by atomic mass is 9.98. The Bertz CT molecular complexity index is 1050. The second-order valence-corrected chi connectivity index (χ2v) is 8.71. The highest BCUT2D eigenvalue weighted by Gasteiger charge is 2.32. The van der Waals surface area contributed by atoms with E-state index in [9.17, 15) is 24.3 Å². The van der Waals surface area contributed by atoms with Crippen molar-refractivity contribution in [3.63, 3.8) is 0 Å². The molecule has 1 aliphatic rings. The fourth-order valence-corrected chi connectivity index (χ4v) is 4.19. The lowest BCUT2D eigenvalue weighted by molar-refractivity contribution is -0.144. The number of fused-ring (bicyclic) bond motifs is 3. The molecular formula is C26H30N2O7. The summed E-state index contributed by atoms with van der Waals surface area (Å²) >= 11 is 0. The molecule has 0 heterocycles. The number of nitrogens with one attached hydrogen (secondary N) is 2. The number of carbonyl (C=O) groups excluding carboxylic acids is 3. The summed E-state index contributed by atoms with van der Waals surface area (Å²) in [4.78, 5) is 48.3. The normalized spacial score (nSPS) is 13.8. The number of ether oxygens (including phenoxy) is 2. The molecule has 9 heteroatoms. The second-order valence-electron chi connectivity index (χ2n) is 8.71. The summed E-state index contributed by atoms with van der Waals surface area (Å²) in [5.74, 6) is -3.01. The average Bonchev–Trinajstić information content (AvgIpc) is 3.16. The number of rotatable bonds is 10. The molecule has 35 heavy (non-hydrogen) atoms. The van der Waals surface area contributed by atoms with Crippen LogP contribution >= 0.6 is 0 Å². The van der Waals surface area contributed by atoms with E-state index in [0.717, 1.165) is 22.3 Å². The molecule has 0 aliphatic heterocycles. The molecule has 0 bridgehead atoms. The molecule has 0 spiro atoms. The quantitative estimate of drug-likeness (QED) is 0.444. The molecule has 2 atom stereocenters. The third kappa shape index (κ3) is 6.17. The molecule has 2 aromatic rings. The molecule has 2 amide bonds. The van der Waals surface area contributed by atoms with Gasteiger partial charge in [0, 0.05) is 12.3 Å². The number of carboxylic acids is 1. The molecule has 186 valence electrons. The van der Waals surface area contributed by atoms with Crippen molar-refractivity contribution in [2.45, 2.75) is 44.7 Å². The molecular weight excluding hydrogens is 452 g/mol. The Kier molecular flexibility index (Phi) is 8.46. The van der Waals surface area contributed by atoms with Crippen molar-refractivity contribution in [2.24, 2.45) is 5.92 Å². The average molecular weight is 483 g/mol. The monoisotopic (exact) mass is 482 g/mol. The molecule has 0 unspecified atom stereocenters. The van der Waals surface area contributed by atoms with Gasteiger partial charge >= 0.3 is 18.0 Å². The van der Waals surface area contributed by atoms with Crippen molar-refractivity contribution < 1.29 is 33.8 Å². The van der Waals surface area contributed by atoms with Gasteiger partial charge in [-0.15, -0.1) is 0 Å². The summed E-state index contributed by atoms with van der Waals surface area (Å²) in [6.07, 6.45) is -1.08. The Morgan fingerprint density at radius 1 is 0.943 bits per heavy atom. The Labute approximate surface area is 203 Å². The number of hydrogen-bond acceptors (Lipinski definition) is 6. The first-order valence-electron chi connectivity index (χ1n) is 11.4. The van der Waals surface area contributed by atoms with Gasteiger partial charge in [-0.25, -0.2) is 9.59 Å². The van der Waals surface area contributed by atoms with E-state index in [-0.39, 0.29) is 31.3 Å². The van der Waals surface area contributed by atoms with Crippen molar-refractivity contribution in [3.05, 3.63) is 59.7 Å². The third-order valence-corrected chi connectivity index (χ3v) is 6.05. The Morgan fingerprint density at radius 3 is 2.03 bits per heavy atom. The maximum Gasteiger partial charge on any atom is 0.407 e. The zero-order valence-corrected chi connectivity index (χ0v) is 19.9. The Balaban J connectivity index is 1.63. The predicted molar refractivity (Wildman–Crippen MR) is 128 cm³/mol. The first-order valence-corrected chi connectivity index (χ1v) is 11.4. The zero-order chi connectivity index (χ0) is 25.5. The van der Waals surface area contributed by atoms with Crippen LogP contribution in [0.5, 0.6) is 0 Å². The van der Waals surface area contributed by atoms with Gasteiger partial charge in [0.25, 0.3) is 0 Å². The second kappa shape index (κ2) is 11.5.